The van der Waals surface area contributed by atoms with Gasteiger partial charge in [-0.25, -0.2) is 4.21 Å². The maximum atomic E-state index is 11.2. The van der Waals surface area contributed by atoms with Gasteiger partial charge < -0.3 is 4.74 Å². The van der Waals surface area contributed by atoms with Gasteiger partial charge in [-0.3, -0.25) is 5.14 Å². The van der Waals surface area contributed by atoms with E-state index < -0.39 is 11.0 Å². The Kier molecular flexibility index (Phi) is 5.53. The summed E-state index contributed by atoms with van der Waals surface area (Å²) >= 11 is 0. The summed E-state index contributed by atoms with van der Waals surface area (Å²) in [5, 5.41) is 5.42. The standard InChI is InChI=1S/C17H21NO2S/c1-13(12-14(2)21(18)19)15-8-10-17(11-9-15)20-16-6-4-3-5-7-16/h3-11,13-14H,12,18H2,1-2H3/t13-,14?,21?/m1/s1. The maximum Gasteiger partial charge on any atom is 0.127 e. The van der Waals surface area contributed by atoms with Crippen molar-refractivity contribution in [1.29, 1.82) is 0 Å². The van der Waals surface area contributed by atoms with Crippen molar-refractivity contribution in [2.45, 2.75) is 31.4 Å². The van der Waals surface area contributed by atoms with Crippen LogP contribution in [0.25, 0.3) is 0 Å². The molecule has 2 aromatic carbocycles. The quantitative estimate of drug-likeness (QED) is 0.877. The van der Waals surface area contributed by atoms with Crippen LogP contribution in [0.15, 0.2) is 54.6 Å². The first-order chi connectivity index (χ1) is 10.1. The molecular weight excluding hydrogens is 282 g/mol. The smallest absolute Gasteiger partial charge is 0.127 e. The molecule has 112 valence electrons. The molecule has 0 amide bonds. The molecule has 0 aliphatic heterocycles. The summed E-state index contributed by atoms with van der Waals surface area (Å²) in [5.74, 6) is 1.95. The summed E-state index contributed by atoms with van der Waals surface area (Å²) in [7, 11) is -1.26. The highest BCUT2D eigenvalue weighted by molar-refractivity contribution is 7.83. The minimum Gasteiger partial charge on any atom is -0.457 e. The minimum atomic E-state index is -1.26. The fourth-order valence-electron chi connectivity index (χ4n) is 2.22. The predicted molar refractivity (Wildman–Crippen MR) is 87.8 cm³/mol. The Balaban J connectivity index is 2.00. The zero-order valence-electron chi connectivity index (χ0n) is 12.4. The van der Waals surface area contributed by atoms with E-state index in [0.717, 1.165) is 17.9 Å². The molecule has 0 heterocycles. The molecular formula is C17H21NO2S. The summed E-state index contributed by atoms with van der Waals surface area (Å²) in [5.41, 5.74) is 1.20. The summed E-state index contributed by atoms with van der Waals surface area (Å²) in [6.45, 7) is 4.04. The van der Waals surface area contributed by atoms with E-state index >= 15 is 0 Å². The molecule has 2 N–H and O–H groups in total. The highest BCUT2D eigenvalue weighted by Gasteiger charge is 2.14. The van der Waals surface area contributed by atoms with Gasteiger partial charge in [0.1, 0.15) is 11.5 Å². The van der Waals surface area contributed by atoms with Crippen LogP contribution in [0.1, 0.15) is 31.7 Å². The van der Waals surface area contributed by atoms with Crippen molar-refractivity contribution in [2.75, 3.05) is 0 Å². The second kappa shape index (κ2) is 7.38. The van der Waals surface area contributed by atoms with E-state index in [1.54, 1.807) is 0 Å². The number of hydrogen-bond donors (Lipinski definition) is 1. The first-order valence-corrected chi connectivity index (χ1v) is 8.31. The Morgan fingerprint density at radius 1 is 1.00 bits per heavy atom. The van der Waals surface area contributed by atoms with Crippen molar-refractivity contribution < 1.29 is 8.95 Å². The monoisotopic (exact) mass is 303 g/mol. The molecule has 0 aliphatic carbocycles. The molecule has 0 aromatic heterocycles. The highest BCUT2D eigenvalue weighted by Crippen LogP contribution is 2.26. The van der Waals surface area contributed by atoms with E-state index in [0.29, 0.717) is 5.92 Å². The van der Waals surface area contributed by atoms with Gasteiger partial charge in [-0.2, -0.15) is 0 Å². The minimum absolute atomic E-state index is 0.000227. The van der Waals surface area contributed by atoms with Crippen LogP contribution in [-0.2, 0) is 11.0 Å². The van der Waals surface area contributed by atoms with Gasteiger partial charge in [-0.15, -0.1) is 0 Å². The molecule has 2 unspecified atom stereocenters. The average molecular weight is 303 g/mol. The first kappa shape index (κ1) is 15.7. The van der Waals surface area contributed by atoms with Crippen molar-refractivity contribution in [2.24, 2.45) is 5.14 Å². The molecule has 0 fully saturated rings. The zero-order chi connectivity index (χ0) is 15.2. The van der Waals surface area contributed by atoms with Gasteiger partial charge >= 0.3 is 0 Å². The van der Waals surface area contributed by atoms with Gasteiger partial charge in [0.05, 0.1) is 11.0 Å². The number of para-hydroxylation sites is 1. The van der Waals surface area contributed by atoms with Crippen LogP contribution in [-0.4, -0.2) is 9.46 Å². The van der Waals surface area contributed by atoms with Crippen LogP contribution in [0, 0.1) is 0 Å². The number of benzene rings is 2. The molecule has 2 rings (SSSR count). The van der Waals surface area contributed by atoms with E-state index in [4.69, 9.17) is 9.88 Å². The summed E-state index contributed by atoms with van der Waals surface area (Å²) in [6, 6.07) is 17.7. The highest BCUT2D eigenvalue weighted by atomic mass is 32.2. The molecule has 0 spiro atoms. The molecule has 0 saturated carbocycles. The van der Waals surface area contributed by atoms with Crippen LogP contribution < -0.4 is 9.88 Å². The number of ether oxygens (including phenoxy) is 1. The summed E-state index contributed by atoms with van der Waals surface area (Å²) < 4.78 is 17.0. The number of rotatable bonds is 6. The third-order valence-electron chi connectivity index (χ3n) is 3.51. The molecule has 0 radical (unpaired) electrons. The number of nitrogens with two attached hydrogens (primary N) is 1. The molecule has 0 bridgehead atoms. The lowest BCUT2D eigenvalue weighted by atomic mass is 9.96. The summed E-state index contributed by atoms with van der Waals surface area (Å²) in [6.07, 6.45) is 0.808. The van der Waals surface area contributed by atoms with Gasteiger partial charge in [0.15, 0.2) is 0 Å². The second-order valence-electron chi connectivity index (χ2n) is 5.26. The van der Waals surface area contributed by atoms with Crippen LogP contribution in [0.4, 0.5) is 0 Å². The second-order valence-corrected chi connectivity index (χ2v) is 6.72. The topological polar surface area (TPSA) is 52.3 Å². The molecule has 2 aromatic rings. The number of hydrogen-bond acceptors (Lipinski definition) is 2. The van der Waals surface area contributed by atoms with E-state index in [2.05, 4.69) is 19.1 Å². The van der Waals surface area contributed by atoms with Gasteiger partial charge in [0, 0.05) is 5.25 Å². The Hall–Kier alpha value is -1.65. The lowest BCUT2D eigenvalue weighted by Crippen LogP contribution is -2.20. The Morgan fingerprint density at radius 3 is 2.14 bits per heavy atom. The Morgan fingerprint density at radius 2 is 1.57 bits per heavy atom. The maximum absolute atomic E-state index is 11.2. The molecule has 3 nitrogen and oxygen atoms in total. The Labute approximate surface area is 128 Å². The van der Waals surface area contributed by atoms with Crippen molar-refractivity contribution >= 4 is 11.0 Å². The first-order valence-electron chi connectivity index (χ1n) is 7.04. The fraction of sp³-hybridized carbons (Fsp3) is 0.294. The lowest BCUT2D eigenvalue weighted by Gasteiger charge is -2.16. The van der Waals surface area contributed by atoms with Crippen LogP contribution >= 0.6 is 0 Å². The molecule has 3 atom stereocenters. The lowest BCUT2D eigenvalue weighted by molar-refractivity contribution is 0.482. The van der Waals surface area contributed by atoms with E-state index in [1.807, 2.05) is 49.4 Å². The zero-order valence-corrected chi connectivity index (χ0v) is 13.2. The predicted octanol–water partition coefficient (Wildman–Crippen LogP) is 3.98. The van der Waals surface area contributed by atoms with Crippen molar-refractivity contribution in [3.05, 3.63) is 60.2 Å². The van der Waals surface area contributed by atoms with E-state index in [1.165, 1.54) is 5.56 Å². The summed E-state index contributed by atoms with van der Waals surface area (Å²) in [4.78, 5) is 0. The molecule has 4 heteroatoms. The average Bonchev–Trinajstić information content (AvgIpc) is 2.48. The fourth-order valence-corrected chi connectivity index (χ4v) is 2.70. The third kappa shape index (κ3) is 4.69. The van der Waals surface area contributed by atoms with Crippen LogP contribution in [0.3, 0.4) is 0 Å². The van der Waals surface area contributed by atoms with Crippen LogP contribution in [0.5, 0.6) is 11.5 Å². The third-order valence-corrected chi connectivity index (χ3v) is 4.50. The van der Waals surface area contributed by atoms with Crippen molar-refractivity contribution in [1.82, 2.24) is 0 Å². The van der Waals surface area contributed by atoms with Gasteiger partial charge in [-0.05, 0) is 49.1 Å². The molecule has 0 saturated heterocycles. The van der Waals surface area contributed by atoms with Gasteiger partial charge in [0.2, 0.25) is 0 Å². The van der Waals surface area contributed by atoms with Crippen LogP contribution in [0.2, 0.25) is 0 Å². The SMILES string of the molecule is CC(C[C@@H](C)c1ccc(Oc2ccccc2)cc1)S(N)=O. The van der Waals surface area contributed by atoms with E-state index in [-0.39, 0.29) is 5.25 Å². The van der Waals surface area contributed by atoms with Crippen molar-refractivity contribution in [3.63, 3.8) is 0 Å². The Bertz CT molecular complexity index is 583. The van der Waals surface area contributed by atoms with Crippen molar-refractivity contribution in [3.8, 4) is 11.5 Å². The van der Waals surface area contributed by atoms with Gasteiger partial charge in [0.25, 0.3) is 0 Å². The van der Waals surface area contributed by atoms with Gasteiger partial charge in [-0.1, -0.05) is 37.3 Å². The van der Waals surface area contributed by atoms with E-state index in [9.17, 15) is 4.21 Å². The molecule has 21 heavy (non-hydrogen) atoms. The molecule has 0 aliphatic rings. The normalized spacial score (nSPS) is 15.2. The largest absolute Gasteiger partial charge is 0.457 e.